The fourth-order valence-corrected chi connectivity index (χ4v) is 2.26. The van der Waals surface area contributed by atoms with Crippen molar-refractivity contribution < 1.29 is 0 Å². The van der Waals surface area contributed by atoms with Crippen LogP contribution in [0.3, 0.4) is 0 Å². The van der Waals surface area contributed by atoms with E-state index in [4.69, 9.17) is 11.6 Å². The van der Waals surface area contributed by atoms with Gasteiger partial charge in [0.2, 0.25) is 5.95 Å². The Kier molecular flexibility index (Phi) is 3.41. The van der Waals surface area contributed by atoms with Gasteiger partial charge in [-0.15, -0.1) is 0 Å². The Labute approximate surface area is 95.3 Å². The summed E-state index contributed by atoms with van der Waals surface area (Å²) in [6.45, 7) is 2.20. The van der Waals surface area contributed by atoms with Crippen molar-refractivity contribution in [3.8, 4) is 0 Å². The molecule has 15 heavy (non-hydrogen) atoms. The van der Waals surface area contributed by atoms with Crippen molar-refractivity contribution in [1.29, 1.82) is 0 Å². The molecule has 2 rings (SSSR count). The molecule has 3 nitrogen and oxygen atoms in total. The molecule has 0 aromatic carbocycles. The molecule has 0 bridgehead atoms. The second kappa shape index (κ2) is 4.79. The first-order valence-electron chi connectivity index (χ1n) is 5.50. The first kappa shape index (κ1) is 10.7. The summed E-state index contributed by atoms with van der Waals surface area (Å²) in [5.74, 6) is 1.45. The Morgan fingerprint density at radius 1 is 1.33 bits per heavy atom. The molecule has 1 heterocycles. The fourth-order valence-electron chi connectivity index (χ4n) is 2.17. The summed E-state index contributed by atoms with van der Waals surface area (Å²) in [7, 11) is 0. The second-order valence-corrected chi connectivity index (χ2v) is 4.64. The van der Waals surface area contributed by atoms with Gasteiger partial charge in [-0.2, -0.15) is 0 Å². The number of anilines is 1. The summed E-state index contributed by atoms with van der Waals surface area (Å²) in [5.41, 5.74) is 0. The Balaban J connectivity index is 1.92. The number of hydrogen-bond donors (Lipinski definition) is 1. The molecule has 82 valence electrons. The van der Waals surface area contributed by atoms with E-state index >= 15 is 0 Å². The van der Waals surface area contributed by atoms with Crippen LogP contribution < -0.4 is 5.32 Å². The lowest BCUT2D eigenvalue weighted by molar-refractivity contribution is 0.480. The Morgan fingerprint density at radius 2 is 1.93 bits per heavy atom. The second-order valence-electron chi connectivity index (χ2n) is 4.20. The molecule has 0 aliphatic heterocycles. The fraction of sp³-hybridized carbons (Fsp3) is 0.636. The van der Waals surface area contributed by atoms with Gasteiger partial charge in [-0.3, -0.25) is 0 Å². The van der Waals surface area contributed by atoms with Crippen LogP contribution in [0.25, 0.3) is 0 Å². The highest BCUT2D eigenvalue weighted by molar-refractivity contribution is 6.30. The molecular formula is C11H16ClN3. The highest BCUT2D eigenvalue weighted by Gasteiger charge is 2.21. The minimum atomic E-state index is 0.452. The van der Waals surface area contributed by atoms with Crippen molar-refractivity contribution in [2.24, 2.45) is 5.92 Å². The maximum atomic E-state index is 5.72. The Bertz CT molecular complexity index is 306. The predicted molar refractivity (Wildman–Crippen MR) is 62.1 cm³/mol. The van der Waals surface area contributed by atoms with Crippen LogP contribution in [-0.4, -0.2) is 16.0 Å². The van der Waals surface area contributed by atoms with E-state index in [2.05, 4.69) is 22.2 Å². The third-order valence-electron chi connectivity index (χ3n) is 3.08. The SMILES string of the molecule is CC(Nc1ncc(Cl)cn1)C1CCCC1. The third-order valence-corrected chi connectivity index (χ3v) is 3.28. The predicted octanol–water partition coefficient (Wildman–Crippen LogP) is 3.12. The van der Waals surface area contributed by atoms with Crippen LogP contribution in [0.1, 0.15) is 32.6 Å². The molecule has 1 unspecified atom stereocenters. The zero-order valence-electron chi connectivity index (χ0n) is 8.91. The number of nitrogens with zero attached hydrogens (tertiary/aromatic N) is 2. The lowest BCUT2D eigenvalue weighted by Crippen LogP contribution is -2.24. The van der Waals surface area contributed by atoms with Crippen molar-refractivity contribution in [1.82, 2.24) is 9.97 Å². The van der Waals surface area contributed by atoms with E-state index in [0.29, 0.717) is 17.0 Å². The van der Waals surface area contributed by atoms with Crippen LogP contribution in [0.15, 0.2) is 12.4 Å². The molecular weight excluding hydrogens is 210 g/mol. The number of nitrogens with one attached hydrogen (secondary N) is 1. The number of rotatable bonds is 3. The van der Waals surface area contributed by atoms with Gasteiger partial charge in [-0.1, -0.05) is 24.4 Å². The largest absolute Gasteiger partial charge is 0.351 e. The molecule has 1 N–H and O–H groups in total. The summed E-state index contributed by atoms with van der Waals surface area (Å²) >= 11 is 5.72. The topological polar surface area (TPSA) is 37.8 Å². The summed E-state index contributed by atoms with van der Waals surface area (Å²) < 4.78 is 0. The highest BCUT2D eigenvalue weighted by atomic mass is 35.5. The summed E-state index contributed by atoms with van der Waals surface area (Å²) in [6.07, 6.45) is 8.61. The number of aromatic nitrogens is 2. The average Bonchev–Trinajstić information content (AvgIpc) is 2.74. The van der Waals surface area contributed by atoms with Crippen LogP contribution in [0.5, 0.6) is 0 Å². The van der Waals surface area contributed by atoms with Gasteiger partial charge < -0.3 is 5.32 Å². The minimum Gasteiger partial charge on any atom is -0.351 e. The number of halogens is 1. The maximum absolute atomic E-state index is 5.72. The number of hydrogen-bond acceptors (Lipinski definition) is 3. The van der Waals surface area contributed by atoms with Gasteiger partial charge in [0.25, 0.3) is 0 Å². The van der Waals surface area contributed by atoms with Crippen molar-refractivity contribution in [3.63, 3.8) is 0 Å². The van der Waals surface area contributed by atoms with Gasteiger partial charge in [0.1, 0.15) is 0 Å². The van der Waals surface area contributed by atoms with E-state index in [-0.39, 0.29) is 0 Å². The smallest absolute Gasteiger partial charge is 0.222 e. The van der Waals surface area contributed by atoms with Gasteiger partial charge in [0, 0.05) is 6.04 Å². The van der Waals surface area contributed by atoms with Crippen LogP contribution in [0, 0.1) is 5.92 Å². The molecule has 0 amide bonds. The van der Waals surface area contributed by atoms with Crippen molar-refractivity contribution in [2.45, 2.75) is 38.6 Å². The quantitative estimate of drug-likeness (QED) is 0.859. The molecule has 0 saturated heterocycles. The highest BCUT2D eigenvalue weighted by Crippen LogP contribution is 2.28. The van der Waals surface area contributed by atoms with Crippen LogP contribution >= 0.6 is 11.6 Å². The van der Waals surface area contributed by atoms with Gasteiger partial charge in [-0.05, 0) is 25.7 Å². The lowest BCUT2D eigenvalue weighted by atomic mass is 10.0. The standard InChI is InChI=1S/C11H16ClN3/c1-8(9-4-2-3-5-9)15-11-13-6-10(12)7-14-11/h6-9H,2-5H2,1H3,(H,13,14,15). The van der Waals surface area contributed by atoms with E-state index < -0.39 is 0 Å². The molecule has 1 atom stereocenters. The molecule has 1 saturated carbocycles. The average molecular weight is 226 g/mol. The first-order chi connectivity index (χ1) is 7.25. The maximum Gasteiger partial charge on any atom is 0.222 e. The summed E-state index contributed by atoms with van der Waals surface area (Å²) in [4.78, 5) is 8.27. The van der Waals surface area contributed by atoms with Crippen LogP contribution in [0.4, 0.5) is 5.95 Å². The first-order valence-corrected chi connectivity index (χ1v) is 5.87. The Morgan fingerprint density at radius 3 is 2.53 bits per heavy atom. The van der Waals surface area contributed by atoms with Gasteiger partial charge in [0.15, 0.2) is 0 Å². The summed E-state index contributed by atoms with van der Waals surface area (Å²) in [5, 5.41) is 3.91. The molecule has 1 fully saturated rings. The normalized spacial score (nSPS) is 19.1. The van der Waals surface area contributed by atoms with Crippen LogP contribution in [0.2, 0.25) is 5.02 Å². The molecule has 1 aromatic rings. The van der Waals surface area contributed by atoms with E-state index in [0.717, 1.165) is 5.92 Å². The van der Waals surface area contributed by atoms with Gasteiger partial charge >= 0.3 is 0 Å². The third kappa shape index (κ3) is 2.81. The molecule has 1 aliphatic rings. The minimum absolute atomic E-state index is 0.452. The molecule has 0 spiro atoms. The van der Waals surface area contributed by atoms with Crippen molar-refractivity contribution in [2.75, 3.05) is 5.32 Å². The van der Waals surface area contributed by atoms with Crippen molar-refractivity contribution in [3.05, 3.63) is 17.4 Å². The molecule has 1 aliphatic carbocycles. The van der Waals surface area contributed by atoms with Gasteiger partial charge in [-0.25, -0.2) is 9.97 Å². The van der Waals surface area contributed by atoms with Crippen molar-refractivity contribution >= 4 is 17.5 Å². The summed E-state index contributed by atoms with van der Waals surface area (Å²) in [6, 6.07) is 0.452. The van der Waals surface area contributed by atoms with E-state index in [9.17, 15) is 0 Å². The lowest BCUT2D eigenvalue weighted by Gasteiger charge is -2.19. The Hall–Kier alpha value is -0.830. The molecule has 0 radical (unpaired) electrons. The molecule has 1 aromatic heterocycles. The van der Waals surface area contributed by atoms with Crippen LogP contribution in [-0.2, 0) is 0 Å². The molecule has 4 heteroatoms. The van der Waals surface area contributed by atoms with E-state index in [1.807, 2.05) is 0 Å². The van der Waals surface area contributed by atoms with Gasteiger partial charge in [0.05, 0.1) is 17.4 Å². The van der Waals surface area contributed by atoms with E-state index in [1.54, 1.807) is 12.4 Å². The monoisotopic (exact) mass is 225 g/mol. The van der Waals surface area contributed by atoms with E-state index in [1.165, 1.54) is 25.7 Å². The zero-order valence-corrected chi connectivity index (χ0v) is 9.67. The zero-order chi connectivity index (χ0) is 10.7.